The summed E-state index contributed by atoms with van der Waals surface area (Å²) in [5.74, 6) is -0.717. The molecule has 1 saturated heterocycles. The normalized spacial score (nSPS) is 22.1. The minimum Gasteiger partial charge on any atom is -0.481 e. The van der Waals surface area contributed by atoms with E-state index in [0.717, 1.165) is 32.4 Å². The Balaban J connectivity index is 2.43. The molecule has 4 heteroatoms. The van der Waals surface area contributed by atoms with Crippen molar-refractivity contribution < 1.29 is 14.7 Å². The predicted molar refractivity (Wildman–Crippen MR) is 51.8 cm³/mol. The van der Waals surface area contributed by atoms with E-state index in [1.54, 1.807) is 4.90 Å². The smallest absolute Gasteiger partial charge is 0.312 e. The molecule has 0 aromatic heterocycles. The Bertz CT molecular complexity index is 227. The largest absolute Gasteiger partial charge is 0.481 e. The van der Waals surface area contributed by atoms with E-state index >= 15 is 0 Å². The van der Waals surface area contributed by atoms with E-state index < -0.39 is 5.97 Å². The first-order chi connectivity index (χ1) is 6.63. The number of nitrogens with zero attached hydrogens (tertiary/aromatic N) is 1. The minimum absolute atomic E-state index is 0.240. The molecule has 1 aliphatic rings. The van der Waals surface area contributed by atoms with Gasteiger partial charge in [-0.2, -0.15) is 0 Å². The van der Waals surface area contributed by atoms with Crippen molar-refractivity contribution >= 4 is 11.9 Å². The summed E-state index contributed by atoms with van der Waals surface area (Å²) in [6.45, 7) is 3.57. The molecule has 0 bridgehead atoms. The van der Waals surface area contributed by atoms with Crippen LogP contribution in [0.1, 0.15) is 32.6 Å². The number of amides is 1. The van der Waals surface area contributed by atoms with Crippen molar-refractivity contribution in [1.82, 2.24) is 4.90 Å². The number of carboxylic acid groups (broad SMARTS) is 1. The van der Waals surface area contributed by atoms with E-state index in [1.807, 2.05) is 0 Å². The van der Waals surface area contributed by atoms with E-state index in [-0.39, 0.29) is 12.3 Å². The van der Waals surface area contributed by atoms with Crippen LogP contribution in [0.2, 0.25) is 0 Å². The maximum atomic E-state index is 11.4. The first kappa shape index (κ1) is 11.0. The lowest BCUT2D eigenvalue weighted by Crippen LogP contribution is -2.40. The molecule has 0 aromatic rings. The van der Waals surface area contributed by atoms with E-state index in [9.17, 15) is 9.59 Å². The van der Waals surface area contributed by atoms with Gasteiger partial charge in [0.1, 0.15) is 6.42 Å². The van der Waals surface area contributed by atoms with E-state index in [0.29, 0.717) is 5.92 Å². The lowest BCUT2D eigenvalue weighted by atomic mass is 9.95. The minimum atomic E-state index is -1.03. The van der Waals surface area contributed by atoms with Gasteiger partial charge in [-0.15, -0.1) is 0 Å². The number of carbonyl (C=O) groups is 2. The van der Waals surface area contributed by atoms with Crippen molar-refractivity contribution in [3.05, 3.63) is 0 Å². The second-order valence-electron chi connectivity index (χ2n) is 3.83. The Morgan fingerprint density at radius 2 is 2.21 bits per heavy atom. The molecule has 1 rings (SSSR count). The highest BCUT2D eigenvalue weighted by molar-refractivity contribution is 5.93. The van der Waals surface area contributed by atoms with E-state index in [2.05, 4.69) is 6.92 Å². The average molecular weight is 199 g/mol. The fraction of sp³-hybridized carbons (Fsp3) is 0.800. The molecule has 1 aliphatic heterocycles. The summed E-state index contributed by atoms with van der Waals surface area (Å²) in [7, 11) is 0. The van der Waals surface area contributed by atoms with Gasteiger partial charge in [0, 0.05) is 13.1 Å². The van der Waals surface area contributed by atoms with E-state index in [4.69, 9.17) is 5.11 Å². The zero-order valence-corrected chi connectivity index (χ0v) is 8.53. The van der Waals surface area contributed by atoms with Crippen LogP contribution in [0.15, 0.2) is 0 Å². The molecule has 0 saturated carbocycles. The van der Waals surface area contributed by atoms with Gasteiger partial charge in [0.2, 0.25) is 5.91 Å². The molecule has 1 unspecified atom stereocenters. The standard InChI is InChI=1S/C10H17NO3/c1-2-8-4-3-5-11(7-8)9(12)6-10(13)14/h8H,2-7H2,1H3,(H,13,14). The number of carboxylic acids is 1. The third-order valence-corrected chi connectivity index (χ3v) is 2.75. The van der Waals surface area contributed by atoms with Crippen LogP contribution in [0.3, 0.4) is 0 Å². The van der Waals surface area contributed by atoms with Crippen molar-refractivity contribution in [3.63, 3.8) is 0 Å². The number of hydrogen-bond donors (Lipinski definition) is 1. The van der Waals surface area contributed by atoms with Crippen LogP contribution < -0.4 is 0 Å². The topological polar surface area (TPSA) is 57.6 Å². The van der Waals surface area contributed by atoms with Crippen LogP contribution in [-0.2, 0) is 9.59 Å². The molecule has 4 nitrogen and oxygen atoms in total. The monoisotopic (exact) mass is 199 g/mol. The Morgan fingerprint density at radius 3 is 2.79 bits per heavy atom. The molecule has 1 atom stereocenters. The Morgan fingerprint density at radius 1 is 1.50 bits per heavy atom. The van der Waals surface area contributed by atoms with Crippen molar-refractivity contribution in [1.29, 1.82) is 0 Å². The fourth-order valence-electron chi connectivity index (χ4n) is 1.87. The quantitative estimate of drug-likeness (QED) is 0.693. The molecular formula is C10H17NO3. The second kappa shape index (κ2) is 4.98. The van der Waals surface area contributed by atoms with Crippen molar-refractivity contribution in [2.45, 2.75) is 32.6 Å². The molecule has 0 spiro atoms. The number of aliphatic carboxylic acids is 1. The van der Waals surface area contributed by atoms with Crippen molar-refractivity contribution in [3.8, 4) is 0 Å². The Hall–Kier alpha value is -1.06. The molecule has 1 N–H and O–H groups in total. The summed E-state index contributed by atoms with van der Waals surface area (Å²) in [5, 5.41) is 8.49. The molecule has 14 heavy (non-hydrogen) atoms. The van der Waals surface area contributed by atoms with Crippen LogP contribution in [0.4, 0.5) is 0 Å². The fourth-order valence-corrected chi connectivity index (χ4v) is 1.87. The number of piperidine rings is 1. The van der Waals surface area contributed by atoms with Gasteiger partial charge in [-0.25, -0.2) is 0 Å². The first-order valence-electron chi connectivity index (χ1n) is 5.13. The molecule has 1 heterocycles. The van der Waals surface area contributed by atoms with E-state index in [1.165, 1.54) is 0 Å². The maximum absolute atomic E-state index is 11.4. The van der Waals surface area contributed by atoms with Gasteiger partial charge < -0.3 is 10.0 Å². The molecule has 0 aliphatic carbocycles. The second-order valence-corrected chi connectivity index (χ2v) is 3.83. The zero-order valence-electron chi connectivity index (χ0n) is 8.53. The molecular weight excluding hydrogens is 182 g/mol. The SMILES string of the molecule is CCC1CCCN(C(=O)CC(=O)O)C1. The van der Waals surface area contributed by atoms with Gasteiger partial charge >= 0.3 is 5.97 Å². The summed E-state index contributed by atoms with van der Waals surface area (Å²) < 4.78 is 0. The lowest BCUT2D eigenvalue weighted by molar-refractivity contribution is -0.145. The van der Waals surface area contributed by atoms with Crippen LogP contribution in [0.5, 0.6) is 0 Å². The highest BCUT2D eigenvalue weighted by Gasteiger charge is 2.23. The van der Waals surface area contributed by atoms with Crippen molar-refractivity contribution in [2.75, 3.05) is 13.1 Å². The molecule has 1 amide bonds. The Labute approximate surface area is 83.9 Å². The van der Waals surface area contributed by atoms with Gasteiger partial charge in [0.15, 0.2) is 0 Å². The third kappa shape index (κ3) is 3.01. The van der Waals surface area contributed by atoms with Gasteiger partial charge in [-0.05, 0) is 18.8 Å². The average Bonchev–Trinajstić information content (AvgIpc) is 2.17. The van der Waals surface area contributed by atoms with Gasteiger partial charge in [0.25, 0.3) is 0 Å². The molecule has 0 radical (unpaired) electrons. The maximum Gasteiger partial charge on any atom is 0.312 e. The number of rotatable bonds is 3. The number of hydrogen-bond acceptors (Lipinski definition) is 2. The number of likely N-dealkylation sites (tertiary alicyclic amines) is 1. The van der Waals surface area contributed by atoms with Gasteiger partial charge in [-0.1, -0.05) is 13.3 Å². The highest BCUT2D eigenvalue weighted by Crippen LogP contribution is 2.19. The first-order valence-corrected chi connectivity index (χ1v) is 5.13. The summed E-state index contributed by atoms with van der Waals surface area (Å²) in [6.07, 6.45) is 2.87. The van der Waals surface area contributed by atoms with Crippen LogP contribution in [0, 0.1) is 5.92 Å². The third-order valence-electron chi connectivity index (χ3n) is 2.75. The van der Waals surface area contributed by atoms with Gasteiger partial charge in [-0.3, -0.25) is 9.59 Å². The van der Waals surface area contributed by atoms with Crippen LogP contribution in [-0.4, -0.2) is 35.0 Å². The van der Waals surface area contributed by atoms with Gasteiger partial charge in [0.05, 0.1) is 0 Å². The summed E-state index contributed by atoms with van der Waals surface area (Å²) in [6, 6.07) is 0. The predicted octanol–water partition coefficient (Wildman–Crippen LogP) is 1.11. The van der Waals surface area contributed by atoms with Crippen molar-refractivity contribution in [2.24, 2.45) is 5.92 Å². The summed E-state index contributed by atoms with van der Waals surface area (Å²) in [4.78, 5) is 23.5. The number of carbonyl (C=O) groups excluding carboxylic acids is 1. The zero-order chi connectivity index (χ0) is 10.6. The lowest BCUT2D eigenvalue weighted by Gasteiger charge is -2.31. The molecule has 0 aromatic carbocycles. The summed E-state index contributed by atoms with van der Waals surface area (Å²) >= 11 is 0. The summed E-state index contributed by atoms with van der Waals surface area (Å²) in [5.41, 5.74) is 0. The molecule has 1 fully saturated rings. The molecule has 80 valence electrons. The Kier molecular flexibility index (Phi) is 3.92. The van der Waals surface area contributed by atoms with Crippen LogP contribution >= 0.6 is 0 Å². The van der Waals surface area contributed by atoms with Crippen LogP contribution in [0.25, 0.3) is 0 Å². The highest BCUT2D eigenvalue weighted by atomic mass is 16.4.